The molecule has 1 heterocycles. The Kier molecular flexibility index (Phi) is 2.15. The highest BCUT2D eigenvalue weighted by Crippen LogP contribution is 2.47. The van der Waals surface area contributed by atoms with Crippen molar-refractivity contribution >= 4 is 0 Å². The molecule has 88 valence electrons. The van der Waals surface area contributed by atoms with Crippen molar-refractivity contribution in [2.24, 2.45) is 0 Å². The van der Waals surface area contributed by atoms with Crippen LogP contribution in [0.4, 0.5) is 0 Å². The summed E-state index contributed by atoms with van der Waals surface area (Å²) in [5.74, 6) is 0.611. The van der Waals surface area contributed by atoms with Crippen LogP contribution in [0, 0.1) is 0 Å². The third-order valence-corrected chi connectivity index (χ3v) is 3.87. The van der Waals surface area contributed by atoms with E-state index in [4.69, 9.17) is 0 Å². The maximum absolute atomic E-state index is 4.36. The van der Waals surface area contributed by atoms with Gasteiger partial charge < -0.3 is 0 Å². The Hall–Kier alpha value is -1.57. The molecule has 3 rings (SSSR count). The maximum Gasteiger partial charge on any atom is 0.0683 e. The van der Waals surface area contributed by atoms with Crippen LogP contribution >= 0.6 is 0 Å². The summed E-state index contributed by atoms with van der Waals surface area (Å²) < 4.78 is 1.98. The fourth-order valence-corrected chi connectivity index (χ4v) is 3.25. The first-order valence-corrected chi connectivity index (χ1v) is 6.23. The van der Waals surface area contributed by atoms with Crippen LogP contribution in [-0.2, 0) is 5.41 Å². The predicted octanol–water partition coefficient (Wildman–Crippen LogP) is 3.66. The lowest BCUT2D eigenvalue weighted by atomic mass is 9.86. The van der Waals surface area contributed by atoms with Gasteiger partial charge in [-0.05, 0) is 41.0 Å². The van der Waals surface area contributed by atoms with Crippen LogP contribution in [0.15, 0.2) is 36.7 Å². The van der Waals surface area contributed by atoms with Crippen LogP contribution < -0.4 is 0 Å². The van der Waals surface area contributed by atoms with E-state index in [0.717, 1.165) is 0 Å². The maximum atomic E-state index is 4.36. The molecule has 2 aromatic rings. The summed E-state index contributed by atoms with van der Waals surface area (Å²) in [5.41, 5.74) is 4.49. The van der Waals surface area contributed by atoms with Crippen LogP contribution in [0.3, 0.4) is 0 Å². The smallest absolute Gasteiger partial charge is 0.0683 e. The van der Waals surface area contributed by atoms with Crippen molar-refractivity contribution in [1.82, 2.24) is 9.78 Å². The van der Waals surface area contributed by atoms with Gasteiger partial charge in [-0.25, -0.2) is 4.68 Å². The third kappa shape index (κ3) is 1.51. The van der Waals surface area contributed by atoms with E-state index < -0.39 is 0 Å². The Labute approximate surface area is 102 Å². The summed E-state index contributed by atoms with van der Waals surface area (Å²) in [4.78, 5) is 0. The second-order valence-electron chi connectivity index (χ2n) is 5.68. The highest BCUT2D eigenvalue weighted by atomic mass is 15.3. The number of hydrogen-bond acceptors (Lipinski definition) is 1. The molecule has 1 aromatic heterocycles. The lowest BCUT2D eigenvalue weighted by molar-refractivity contribution is 0.489. The molecule has 0 aliphatic heterocycles. The van der Waals surface area contributed by atoms with Gasteiger partial charge in [0.25, 0.3) is 0 Å². The van der Waals surface area contributed by atoms with Crippen LogP contribution in [-0.4, -0.2) is 9.78 Å². The minimum absolute atomic E-state index is 0.290. The van der Waals surface area contributed by atoms with Gasteiger partial charge in [-0.3, -0.25) is 0 Å². The monoisotopic (exact) mass is 226 g/mol. The minimum Gasteiger partial charge on any atom is -0.241 e. The molecule has 0 radical (unpaired) electrons. The number of hydrogen-bond donors (Lipinski definition) is 0. The summed E-state index contributed by atoms with van der Waals surface area (Å²) in [6, 6.07) is 8.56. The topological polar surface area (TPSA) is 17.8 Å². The molecule has 17 heavy (non-hydrogen) atoms. The quantitative estimate of drug-likeness (QED) is 0.725. The minimum atomic E-state index is 0.290. The van der Waals surface area contributed by atoms with Crippen LogP contribution in [0.5, 0.6) is 0 Å². The number of fused-ring (bicyclic) bond motifs is 1. The molecule has 1 atom stereocenters. The van der Waals surface area contributed by atoms with Crippen LogP contribution in [0.2, 0.25) is 0 Å². The van der Waals surface area contributed by atoms with Gasteiger partial charge in [-0.15, -0.1) is 0 Å². The zero-order valence-corrected chi connectivity index (χ0v) is 10.6. The molecule has 0 spiro atoms. The summed E-state index contributed by atoms with van der Waals surface area (Å²) in [5, 5.41) is 4.36. The molecule has 2 heteroatoms. The summed E-state index contributed by atoms with van der Waals surface area (Å²) in [6.45, 7) is 6.99. The zero-order chi connectivity index (χ0) is 12.0. The Morgan fingerprint density at radius 3 is 2.82 bits per heavy atom. The molecular weight excluding hydrogens is 208 g/mol. The molecule has 1 unspecified atom stereocenters. The van der Waals surface area contributed by atoms with E-state index in [1.807, 2.05) is 23.1 Å². The molecule has 1 aromatic carbocycles. The molecule has 0 fully saturated rings. The number of nitrogens with zero attached hydrogens (tertiary/aromatic N) is 2. The van der Waals surface area contributed by atoms with E-state index in [0.29, 0.717) is 5.92 Å². The second-order valence-corrected chi connectivity index (χ2v) is 5.68. The van der Waals surface area contributed by atoms with Gasteiger partial charge in [0.05, 0.1) is 5.69 Å². The highest BCUT2D eigenvalue weighted by molar-refractivity contribution is 5.53. The van der Waals surface area contributed by atoms with E-state index in [1.165, 1.54) is 23.2 Å². The van der Waals surface area contributed by atoms with Gasteiger partial charge >= 0.3 is 0 Å². The molecular formula is C15H18N2. The Bertz CT molecular complexity index is 538. The first kappa shape index (κ1) is 10.6. The largest absolute Gasteiger partial charge is 0.241 e. The fraction of sp³-hybridized carbons (Fsp3) is 0.400. The lowest BCUT2D eigenvalue weighted by Gasteiger charge is -2.19. The van der Waals surface area contributed by atoms with Crippen molar-refractivity contribution in [3.05, 3.63) is 47.8 Å². The zero-order valence-electron chi connectivity index (χ0n) is 10.6. The first-order valence-electron chi connectivity index (χ1n) is 6.23. The molecule has 2 nitrogen and oxygen atoms in total. The average Bonchev–Trinajstić information content (AvgIpc) is 2.87. The SMILES string of the molecule is CC1CC(C)(C)c2cccc(-n3cccn3)c21. The molecule has 0 amide bonds. The summed E-state index contributed by atoms with van der Waals surface area (Å²) >= 11 is 0. The van der Waals surface area contributed by atoms with Crippen molar-refractivity contribution in [3.8, 4) is 5.69 Å². The average molecular weight is 226 g/mol. The third-order valence-electron chi connectivity index (χ3n) is 3.87. The Morgan fingerprint density at radius 1 is 1.29 bits per heavy atom. The van der Waals surface area contributed by atoms with E-state index in [9.17, 15) is 0 Å². The van der Waals surface area contributed by atoms with Gasteiger partial charge in [-0.2, -0.15) is 5.10 Å². The van der Waals surface area contributed by atoms with Gasteiger partial charge in [0.15, 0.2) is 0 Å². The highest BCUT2D eigenvalue weighted by Gasteiger charge is 2.36. The standard InChI is InChI=1S/C15H18N2/c1-11-10-15(2,3)12-6-4-7-13(14(11)12)17-9-5-8-16-17/h4-9,11H,10H2,1-3H3. The lowest BCUT2D eigenvalue weighted by Crippen LogP contribution is -2.12. The summed E-state index contributed by atoms with van der Waals surface area (Å²) in [7, 11) is 0. The molecule has 1 aliphatic carbocycles. The summed E-state index contributed by atoms with van der Waals surface area (Å²) in [6.07, 6.45) is 5.08. The van der Waals surface area contributed by atoms with E-state index in [2.05, 4.69) is 44.1 Å². The van der Waals surface area contributed by atoms with E-state index >= 15 is 0 Å². The van der Waals surface area contributed by atoms with Crippen LogP contribution in [0.25, 0.3) is 5.69 Å². The molecule has 1 aliphatic rings. The van der Waals surface area contributed by atoms with Crippen molar-refractivity contribution < 1.29 is 0 Å². The van der Waals surface area contributed by atoms with Crippen LogP contribution in [0.1, 0.15) is 44.2 Å². The number of benzene rings is 1. The van der Waals surface area contributed by atoms with Crippen molar-refractivity contribution in [2.75, 3.05) is 0 Å². The number of aromatic nitrogens is 2. The van der Waals surface area contributed by atoms with Crippen molar-refractivity contribution in [2.45, 2.75) is 38.5 Å². The Morgan fingerprint density at radius 2 is 2.12 bits per heavy atom. The predicted molar refractivity (Wildman–Crippen MR) is 69.6 cm³/mol. The first-order chi connectivity index (χ1) is 8.09. The van der Waals surface area contributed by atoms with Gasteiger partial charge in [-0.1, -0.05) is 32.9 Å². The second kappa shape index (κ2) is 3.46. The molecule has 0 N–H and O–H groups in total. The number of rotatable bonds is 1. The van der Waals surface area contributed by atoms with Crippen molar-refractivity contribution in [1.29, 1.82) is 0 Å². The molecule has 0 saturated carbocycles. The molecule has 0 saturated heterocycles. The molecule has 0 bridgehead atoms. The Balaban J connectivity index is 2.24. The van der Waals surface area contributed by atoms with Gasteiger partial charge in [0.2, 0.25) is 0 Å². The normalized spacial score (nSPS) is 21.5. The van der Waals surface area contributed by atoms with Gasteiger partial charge in [0.1, 0.15) is 0 Å². The van der Waals surface area contributed by atoms with E-state index in [-0.39, 0.29) is 5.41 Å². The fourth-order valence-electron chi connectivity index (χ4n) is 3.25. The van der Waals surface area contributed by atoms with Gasteiger partial charge in [0, 0.05) is 12.4 Å². The van der Waals surface area contributed by atoms with E-state index in [1.54, 1.807) is 0 Å². The van der Waals surface area contributed by atoms with Crippen molar-refractivity contribution in [3.63, 3.8) is 0 Å².